The molecule has 0 amide bonds. The third kappa shape index (κ3) is 4.24. The Morgan fingerprint density at radius 2 is 1.93 bits per heavy atom. The van der Waals surface area contributed by atoms with Crippen LogP contribution in [0.25, 0.3) is 10.9 Å². The fourth-order valence-electron chi connectivity index (χ4n) is 3.57. The number of hydrogen-bond acceptors (Lipinski definition) is 6. The minimum absolute atomic E-state index is 0.0981. The average Bonchev–Trinajstić information content (AvgIpc) is 2.65. The smallest absolute Gasteiger partial charge is 0.399 e. The second kappa shape index (κ2) is 7.97. The molecule has 3 aromatic rings. The van der Waals surface area contributed by atoms with Crippen LogP contribution in [0.3, 0.4) is 0 Å². The van der Waals surface area contributed by atoms with Gasteiger partial charge in [-0.15, -0.1) is 0 Å². The molecule has 0 aliphatic heterocycles. The summed E-state index contributed by atoms with van der Waals surface area (Å²) in [6.07, 6.45) is 1.18. The summed E-state index contributed by atoms with van der Waals surface area (Å²) in [6.45, 7) is 0.400. The molecule has 30 heavy (non-hydrogen) atoms. The van der Waals surface area contributed by atoms with Gasteiger partial charge in [-0.2, -0.15) is 18.2 Å². The van der Waals surface area contributed by atoms with Crippen molar-refractivity contribution in [3.05, 3.63) is 47.3 Å². The predicted octanol–water partition coefficient (Wildman–Crippen LogP) is 4.59. The molecule has 158 valence electrons. The zero-order chi connectivity index (χ0) is 21.3. The molecule has 4 rings (SSSR count). The number of halogens is 3. The number of nitrogen functional groups attached to an aromatic ring is 1. The van der Waals surface area contributed by atoms with Crippen molar-refractivity contribution in [3.63, 3.8) is 0 Å². The number of nitrogens with two attached hydrogens (primary N) is 1. The maximum Gasteiger partial charge on any atom is 0.416 e. The highest BCUT2D eigenvalue weighted by Crippen LogP contribution is 2.37. The maximum absolute atomic E-state index is 13.0. The van der Waals surface area contributed by atoms with Crippen LogP contribution in [0.1, 0.15) is 42.0 Å². The van der Waals surface area contributed by atoms with E-state index < -0.39 is 11.7 Å². The summed E-state index contributed by atoms with van der Waals surface area (Å²) in [4.78, 5) is 13.5. The van der Waals surface area contributed by atoms with E-state index in [-0.39, 0.29) is 5.69 Å². The van der Waals surface area contributed by atoms with Crippen molar-refractivity contribution in [1.82, 2.24) is 15.0 Å². The minimum atomic E-state index is -4.42. The first-order chi connectivity index (χ1) is 14.3. The number of fused-ring (bicyclic) bond motifs is 1. The second-order valence-corrected chi connectivity index (χ2v) is 7.54. The van der Waals surface area contributed by atoms with Crippen molar-refractivity contribution >= 4 is 28.4 Å². The van der Waals surface area contributed by atoms with Crippen LogP contribution >= 0.6 is 0 Å². The molecule has 2 aromatic heterocycles. The first-order valence-corrected chi connectivity index (χ1v) is 9.89. The number of aromatic nitrogens is 3. The van der Waals surface area contributed by atoms with E-state index in [0.717, 1.165) is 36.1 Å². The average molecular weight is 416 g/mol. The molecule has 1 aliphatic rings. The van der Waals surface area contributed by atoms with Crippen molar-refractivity contribution in [2.75, 3.05) is 30.0 Å². The highest BCUT2D eigenvalue weighted by Gasteiger charge is 2.31. The number of nitrogens with zero attached hydrogens (tertiary/aromatic N) is 3. The molecule has 6 nitrogen and oxygen atoms in total. The Bertz CT molecular complexity index is 1060. The molecule has 0 radical (unpaired) electrons. The standard InChI is InChI=1S/C21H23F3N6/c1-26-20-29-18-11-28-17(13-3-2-4-13)10-16(18)19(30-20)27-6-5-12-7-14(21(22,23)24)9-15(25)8-12/h7-11,13H,2-6,25H2,1H3,(H2,26,27,29,30). The monoisotopic (exact) mass is 416 g/mol. The van der Waals surface area contributed by atoms with Gasteiger partial charge in [-0.25, -0.2) is 4.98 Å². The summed E-state index contributed by atoms with van der Waals surface area (Å²) >= 11 is 0. The quantitative estimate of drug-likeness (QED) is 0.510. The van der Waals surface area contributed by atoms with E-state index in [0.29, 0.717) is 41.7 Å². The lowest BCUT2D eigenvalue weighted by Crippen LogP contribution is -2.13. The first kappa shape index (κ1) is 20.2. The maximum atomic E-state index is 13.0. The van der Waals surface area contributed by atoms with E-state index in [1.54, 1.807) is 19.3 Å². The molecular weight excluding hydrogens is 393 g/mol. The fourth-order valence-corrected chi connectivity index (χ4v) is 3.57. The molecule has 1 fully saturated rings. The summed E-state index contributed by atoms with van der Waals surface area (Å²) < 4.78 is 39.1. The molecule has 1 aliphatic carbocycles. The highest BCUT2D eigenvalue weighted by molar-refractivity contribution is 5.90. The van der Waals surface area contributed by atoms with Gasteiger partial charge in [0.1, 0.15) is 5.82 Å². The Balaban J connectivity index is 1.56. The third-order valence-corrected chi connectivity index (χ3v) is 5.40. The number of benzene rings is 1. The Labute approximate surface area is 172 Å². The van der Waals surface area contributed by atoms with Crippen LogP contribution in [0.4, 0.5) is 30.6 Å². The van der Waals surface area contributed by atoms with Crippen molar-refractivity contribution in [2.24, 2.45) is 0 Å². The Morgan fingerprint density at radius 1 is 1.13 bits per heavy atom. The van der Waals surface area contributed by atoms with Gasteiger partial charge in [0.15, 0.2) is 0 Å². The van der Waals surface area contributed by atoms with Gasteiger partial charge in [-0.3, -0.25) is 4.98 Å². The molecule has 1 saturated carbocycles. The summed E-state index contributed by atoms with van der Waals surface area (Å²) in [5, 5.41) is 7.03. The summed E-state index contributed by atoms with van der Waals surface area (Å²) in [5.74, 6) is 1.55. The molecule has 0 bridgehead atoms. The molecular formula is C21H23F3N6. The molecule has 1 aromatic carbocycles. The predicted molar refractivity (Wildman–Crippen MR) is 112 cm³/mol. The van der Waals surface area contributed by atoms with Gasteiger partial charge in [0, 0.05) is 36.3 Å². The summed E-state index contributed by atoms with van der Waals surface area (Å²) in [6, 6.07) is 5.66. The lowest BCUT2D eigenvalue weighted by atomic mass is 9.82. The molecule has 0 saturated heterocycles. The van der Waals surface area contributed by atoms with Crippen LogP contribution in [-0.2, 0) is 12.6 Å². The number of hydrogen-bond donors (Lipinski definition) is 3. The number of rotatable bonds is 6. The van der Waals surface area contributed by atoms with Gasteiger partial charge in [0.25, 0.3) is 0 Å². The van der Waals surface area contributed by atoms with Crippen molar-refractivity contribution in [1.29, 1.82) is 0 Å². The molecule has 9 heteroatoms. The number of alkyl halides is 3. The fraction of sp³-hybridized carbons (Fsp3) is 0.381. The van der Waals surface area contributed by atoms with E-state index in [1.165, 1.54) is 6.42 Å². The summed E-state index contributed by atoms with van der Waals surface area (Å²) in [5.41, 5.74) is 7.27. The molecule has 0 atom stereocenters. The van der Waals surface area contributed by atoms with Gasteiger partial charge in [-0.1, -0.05) is 6.42 Å². The van der Waals surface area contributed by atoms with Crippen molar-refractivity contribution < 1.29 is 13.2 Å². The zero-order valence-electron chi connectivity index (χ0n) is 16.6. The number of anilines is 3. The van der Waals surface area contributed by atoms with Gasteiger partial charge >= 0.3 is 6.18 Å². The van der Waals surface area contributed by atoms with Crippen LogP contribution in [0.5, 0.6) is 0 Å². The minimum Gasteiger partial charge on any atom is -0.399 e. The summed E-state index contributed by atoms with van der Waals surface area (Å²) in [7, 11) is 1.73. The van der Waals surface area contributed by atoms with Gasteiger partial charge in [0.05, 0.1) is 17.3 Å². The second-order valence-electron chi connectivity index (χ2n) is 7.54. The molecule has 2 heterocycles. The third-order valence-electron chi connectivity index (χ3n) is 5.40. The molecule has 4 N–H and O–H groups in total. The van der Waals surface area contributed by atoms with Gasteiger partial charge in [-0.05, 0) is 49.1 Å². The molecule has 0 spiro atoms. The SMILES string of the molecule is CNc1nc(NCCc2cc(N)cc(C(F)(F)F)c2)c2cc(C3CCC3)ncc2n1. The van der Waals surface area contributed by atoms with Crippen LogP contribution < -0.4 is 16.4 Å². The van der Waals surface area contributed by atoms with Crippen LogP contribution in [-0.4, -0.2) is 28.5 Å². The lowest BCUT2D eigenvalue weighted by molar-refractivity contribution is -0.137. The Morgan fingerprint density at radius 3 is 2.60 bits per heavy atom. The first-order valence-electron chi connectivity index (χ1n) is 9.89. The van der Waals surface area contributed by atoms with E-state index in [9.17, 15) is 13.2 Å². The van der Waals surface area contributed by atoms with E-state index in [4.69, 9.17) is 5.73 Å². The van der Waals surface area contributed by atoms with Crippen LogP contribution in [0.2, 0.25) is 0 Å². The molecule has 0 unspecified atom stereocenters. The topological polar surface area (TPSA) is 88.8 Å². The van der Waals surface area contributed by atoms with Crippen molar-refractivity contribution in [3.8, 4) is 0 Å². The lowest BCUT2D eigenvalue weighted by Gasteiger charge is -2.25. The number of nitrogens with one attached hydrogen (secondary N) is 2. The number of pyridine rings is 1. The zero-order valence-corrected chi connectivity index (χ0v) is 16.6. The largest absolute Gasteiger partial charge is 0.416 e. The van der Waals surface area contributed by atoms with E-state index in [1.807, 2.05) is 6.07 Å². The van der Waals surface area contributed by atoms with E-state index >= 15 is 0 Å². The van der Waals surface area contributed by atoms with Gasteiger partial charge < -0.3 is 16.4 Å². The highest BCUT2D eigenvalue weighted by atomic mass is 19.4. The Kier molecular flexibility index (Phi) is 5.36. The van der Waals surface area contributed by atoms with Crippen LogP contribution in [0.15, 0.2) is 30.5 Å². The van der Waals surface area contributed by atoms with Crippen LogP contribution in [0, 0.1) is 0 Å². The normalized spacial score (nSPS) is 14.5. The van der Waals surface area contributed by atoms with Crippen molar-refractivity contribution in [2.45, 2.75) is 37.8 Å². The Hall–Kier alpha value is -3.10. The van der Waals surface area contributed by atoms with Gasteiger partial charge in [0.2, 0.25) is 5.95 Å². The van der Waals surface area contributed by atoms with E-state index in [2.05, 4.69) is 25.6 Å².